The van der Waals surface area contributed by atoms with Crippen molar-refractivity contribution in [3.05, 3.63) is 78.2 Å². The SMILES string of the molecule is C=N/C(=C\C=C(/C)c1cc(-c2cnn(C)c2)cn2ncc(C#N)c12)N1CCN(Cc2nccn2C)CC1. The predicted molar refractivity (Wildman–Crippen MR) is 143 cm³/mol. The molecule has 1 fully saturated rings. The number of nitriles is 1. The van der Waals surface area contributed by atoms with Gasteiger partial charge in [-0.2, -0.15) is 15.5 Å². The first kappa shape index (κ1) is 24.2. The third-order valence-electron chi connectivity index (χ3n) is 6.82. The Morgan fingerprint density at radius 1 is 1.11 bits per heavy atom. The first-order valence-corrected chi connectivity index (χ1v) is 12.2. The van der Waals surface area contributed by atoms with Crippen LogP contribution in [-0.4, -0.2) is 71.6 Å². The van der Waals surface area contributed by atoms with E-state index in [0.717, 1.165) is 72.1 Å². The van der Waals surface area contributed by atoms with Gasteiger partial charge in [0.2, 0.25) is 0 Å². The van der Waals surface area contributed by atoms with Crippen LogP contribution in [0.3, 0.4) is 0 Å². The number of rotatable bonds is 7. The van der Waals surface area contributed by atoms with Gasteiger partial charge in [-0.25, -0.2) is 14.5 Å². The minimum atomic E-state index is 0.537. The smallest absolute Gasteiger partial charge is 0.127 e. The average molecular weight is 495 g/mol. The lowest BCUT2D eigenvalue weighted by Crippen LogP contribution is -2.45. The van der Waals surface area contributed by atoms with Crippen LogP contribution in [0.5, 0.6) is 0 Å². The number of aryl methyl sites for hydroxylation is 2. The Kier molecular flexibility index (Phi) is 6.70. The summed E-state index contributed by atoms with van der Waals surface area (Å²) < 4.78 is 5.60. The normalized spacial score (nSPS) is 15.4. The molecule has 0 radical (unpaired) electrons. The van der Waals surface area contributed by atoms with Gasteiger partial charge < -0.3 is 9.47 Å². The van der Waals surface area contributed by atoms with Crippen LogP contribution in [0.1, 0.15) is 23.9 Å². The van der Waals surface area contributed by atoms with E-state index in [2.05, 4.69) is 53.4 Å². The van der Waals surface area contributed by atoms with Crippen molar-refractivity contribution in [3.63, 3.8) is 0 Å². The number of allylic oxidation sites excluding steroid dienone is 3. The number of imidazole rings is 1. The Morgan fingerprint density at radius 3 is 2.57 bits per heavy atom. The van der Waals surface area contributed by atoms with Crippen molar-refractivity contribution in [3.8, 4) is 17.2 Å². The number of fused-ring (bicyclic) bond motifs is 1. The van der Waals surface area contributed by atoms with Crippen LogP contribution in [0, 0.1) is 11.3 Å². The van der Waals surface area contributed by atoms with E-state index in [0.29, 0.717) is 5.56 Å². The Morgan fingerprint density at radius 2 is 1.92 bits per heavy atom. The number of hydrogen-bond donors (Lipinski definition) is 0. The maximum atomic E-state index is 9.68. The van der Waals surface area contributed by atoms with Crippen molar-refractivity contribution in [1.29, 1.82) is 5.26 Å². The van der Waals surface area contributed by atoms with Crippen LogP contribution in [0.4, 0.5) is 0 Å². The van der Waals surface area contributed by atoms with E-state index >= 15 is 0 Å². The van der Waals surface area contributed by atoms with Crippen LogP contribution >= 0.6 is 0 Å². The van der Waals surface area contributed by atoms with Gasteiger partial charge in [-0.15, -0.1) is 0 Å². The molecule has 1 aliphatic heterocycles. The maximum absolute atomic E-state index is 9.68. The Balaban J connectivity index is 1.39. The van der Waals surface area contributed by atoms with E-state index < -0.39 is 0 Å². The van der Waals surface area contributed by atoms with Crippen molar-refractivity contribution in [2.24, 2.45) is 19.1 Å². The van der Waals surface area contributed by atoms with Crippen molar-refractivity contribution >= 4 is 17.8 Å². The molecule has 5 rings (SSSR count). The van der Waals surface area contributed by atoms with Gasteiger partial charge in [0.05, 0.1) is 30.0 Å². The third-order valence-corrected chi connectivity index (χ3v) is 6.82. The molecule has 4 aromatic heterocycles. The molecule has 0 aromatic carbocycles. The molecule has 10 nitrogen and oxygen atoms in total. The topological polar surface area (TPSA) is 95.6 Å². The van der Waals surface area contributed by atoms with E-state index in [1.807, 2.05) is 64.2 Å². The third kappa shape index (κ3) is 4.94. The fraction of sp³-hybridized carbons (Fsp3) is 0.296. The van der Waals surface area contributed by atoms with Crippen molar-refractivity contribution in [2.75, 3.05) is 26.2 Å². The molecule has 0 aliphatic carbocycles. The van der Waals surface area contributed by atoms with Crippen LogP contribution in [0.25, 0.3) is 22.2 Å². The van der Waals surface area contributed by atoms with E-state index in [1.54, 1.807) is 15.4 Å². The zero-order valence-electron chi connectivity index (χ0n) is 21.4. The summed E-state index contributed by atoms with van der Waals surface area (Å²) in [6, 6.07) is 4.36. The molecule has 1 aliphatic rings. The molecule has 0 atom stereocenters. The molecular weight excluding hydrogens is 464 g/mol. The first-order chi connectivity index (χ1) is 18.0. The van der Waals surface area contributed by atoms with Crippen molar-refractivity contribution in [2.45, 2.75) is 13.5 Å². The second kappa shape index (κ2) is 10.2. The fourth-order valence-corrected chi connectivity index (χ4v) is 4.66. The first-order valence-electron chi connectivity index (χ1n) is 12.2. The molecule has 0 unspecified atom stereocenters. The van der Waals surface area contributed by atoms with Gasteiger partial charge in [0, 0.05) is 81.8 Å². The highest BCUT2D eigenvalue weighted by atomic mass is 15.3. The summed E-state index contributed by atoms with van der Waals surface area (Å²) in [4.78, 5) is 13.4. The lowest BCUT2D eigenvalue weighted by Gasteiger charge is -2.35. The van der Waals surface area contributed by atoms with Gasteiger partial charge in [0.15, 0.2) is 0 Å². The lowest BCUT2D eigenvalue weighted by molar-refractivity contribution is 0.148. The quantitative estimate of drug-likeness (QED) is 0.289. The average Bonchev–Trinajstić information content (AvgIpc) is 3.64. The summed E-state index contributed by atoms with van der Waals surface area (Å²) in [7, 11) is 3.92. The monoisotopic (exact) mass is 494 g/mol. The molecule has 10 heteroatoms. The lowest BCUT2D eigenvalue weighted by atomic mass is 10.0. The van der Waals surface area contributed by atoms with Crippen LogP contribution < -0.4 is 0 Å². The van der Waals surface area contributed by atoms with Crippen LogP contribution in [0.2, 0.25) is 0 Å². The van der Waals surface area contributed by atoms with E-state index in [1.165, 1.54) is 0 Å². The van der Waals surface area contributed by atoms with Crippen molar-refractivity contribution in [1.82, 2.24) is 38.7 Å². The van der Waals surface area contributed by atoms with Gasteiger partial charge in [0.25, 0.3) is 0 Å². The Bertz CT molecular complexity index is 1530. The summed E-state index contributed by atoms with van der Waals surface area (Å²) in [5.74, 6) is 1.91. The maximum Gasteiger partial charge on any atom is 0.127 e. The van der Waals surface area contributed by atoms with Gasteiger partial charge in [-0.3, -0.25) is 9.58 Å². The number of pyridine rings is 1. The van der Waals surface area contributed by atoms with Crippen LogP contribution in [0.15, 0.2) is 66.2 Å². The molecule has 37 heavy (non-hydrogen) atoms. The standard InChI is InChI=1S/C27H30N10/c1-20(5-6-25(29-2)36-11-9-35(10-12-36)19-26-30-7-8-33(26)3)24-13-21(23-16-31-34(4)17-23)18-37-27(24)22(14-28)15-32-37/h5-8,13,15-18H,2,9-12,19H2,1,3-4H3/b20-5+,25-6+. The number of nitrogens with zero attached hydrogens (tertiary/aromatic N) is 10. The van der Waals surface area contributed by atoms with Gasteiger partial charge in [0.1, 0.15) is 17.7 Å². The second-order valence-corrected chi connectivity index (χ2v) is 9.26. The summed E-state index contributed by atoms with van der Waals surface area (Å²) in [6.07, 6.45) is 15.2. The Labute approximate surface area is 216 Å². The molecule has 1 saturated heterocycles. The zero-order chi connectivity index (χ0) is 25.9. The number of aliphatic imine (C=N–C) groups is 1. The minimum Gasteiger partial charge on any atom is -0.354 e. The largest absolute Gasteiger partial charge is 0.354 e. The summed E-state index contributed by atoms with van der Waals surface area (Å²) in [5, 5.41) is 18.4. The van der Waals surface area contributed by atoms with Crippen LogP contribution in [-0.2, 0) is 20.6 Å². The van der Waals surface area contributed by atoms with Gasteiger partial charge in [-0.1, -0.05) is 6.08 Å². The molecule has 0 bridgehead atoms. The second-order valence-electron chi connectivity index (χ2n) is 9.26. The predicted octanol–water partition coefficient (Wildman–Crippen LogP) is 3.10. The van der Waals surface area contributed by atoms with Crippen molar-refractivity contribution < 1.29 is 0 Å². The highest BCUT2D eigenvalue weighted by molar-refractivity contribution is 5.84. The molecular formula is C27H30N10. The van der Waals surface area contributed by atoms with Gasteiger partial charge in [-0.05, 0) is 31.4 Å². The summed E-state index contributed by atoms with van der Waals surface area (Å²) >= 11 is 0. The Hall–Kier alpha value is -4.49. The number of piperazine rings is 1. The number of hydrogen-bond acceptors (Lipinski definition) is 7. The zero-order valence-corrected chi connectivity index (χ0v) is 21.4. The summed E-state index contributed by atoms with van der Waals surface area (Å²) in [6.45, 7) is 10.3. The molecule has 0 spiro atoms. The molecule has 5 heterocycles. The molecule has 4 aromatic rings. The van der Waals surface area contributed by atoms with E-state index in [4.69, 9.17) is 0 Å². The van der Waals surface area contributed by atoms with Gasteiger partial charge >= 0.3 is 0 Å². The minimum absolute atomic E-state index is 0.537. The van der Waals surface area contributed by atoms with E-state index in [9.17, 15) is 5.26 Å². The molecule has 188 valence electrons. The molecule has 0 amide bonds. The van der Waals surface area contributed by atoms with E-state index in [-0.39, 0.29) is 0 Å². The summed E-state index contributed by atoms with van der Waals surface area (Å²) in [5.41, 5.74) is 5.23. The highest BCUT2D eigenvalue weighted by Gasteiger charge is 2.19. The molecule has 0 saturated carbocycles. The molecule has 0 N–H and O–H groups in total. The fourth-order valence-electron chi connectivity index (χ4n) is 4.66. The highest BCUT2D eigenvalue weighted by Crippen LogP contribution is 2.29. The number of aromatic nitrogens is 6.